The van der Waals surface area contributed by atoms with Crippen LogP contribution in [0, 0.1) is 0 Å². The lowest BCUT2D eigenvalue weighted by Gasteiger charge is -2.29. The zero-order chi connectivity index (χ0) is 13.5. The first-order valence-corrected chi connectivity index (χ1v) is 8.32. The third kappa shape index (κ3) is 4.81. The second-order valence-corrected chi connectivity index (χ2v) is 6.30. The van der Waals surface area contributed by atoms with Gasteiger partial charge in [0.1, 0.15) is 0 Å². The number of halogens is 1. The van der Waals surface area contributed by atoms with Crippen molar-refractivity contribution in [2.75, 3.05) is 25.0 Å². The average molecular weight is 325 g/mol. The van der Waals surface area contributed by atoms with E-state index in [4.69, 9.17) is 0 Å². The van der Waals surface area contributed by atoms with Crippen molar-refractivity contribution in [3.8, 4) is 0 Å². The molecule has 1 aliphatic heterocycles. The Labute approximate surface area is 125 Å². The fourth-order valence-corrected chi connectivity index (χ4v) is 3.17. The molecule has 1 N–H and O–H groups in total. The lowest BCUT2D eigenvalue weighted by molar-refractivity contribution is 0.202. The van der Waals surface area contributed by atoms with E-state index < -0.39 is 0 Å². The van der Waals surface area contributed by atoms with Crippen LogP contribution in [0.25, 0.3) is 0 Å². The number of rotatable bonds is 5. The molecular formula is C16H25BrN2. The molecule has 1 aromatic rings. The highest BCUT2D eigenvalue weighted by Gasteiger charge is 2.18. The van der Waals surface area contributed by atoms with Crippen molar-refractivity contribution in [3.63, 3.8) is 0 Å². The molecule has 106 valence electrons. The predicted octanol–water partition coefficient (Wildman–Crippen LogP) is 4.52. The van der Waals surface area contributed by atoms with E-state index in [9.17, 15) is 0 Å². The molecule has 19 heavy (non-hydrogen) atoms. The Morgan fingerprint density at radius 2 is 2.00 bits per heavy atom. The summed E-state index contributed by atoms with van der Waals surface area (Å²) in [6.07, 6.45) is 6.87. The van der Waals surface area contributed by atoms with Gasteiger partial charge in [-0.2, -0.15) is 0 Å². The lowest BCUT2D eigenvalue weighted by Crippen LogP contribution is -2.37. The highest BCUT2D eigenvalue weighted by Crippen LogP contribution is 2.19. The van der Waals surface area contributed by atoms with Crippen molar-refractivity contribution >= 4 is 21.6 Å². The molecule has 0 aromatic heterocycles. The van der Waals surface area contributed by atoms with Gasteiger partial charge in [0.15, 0.2) is 0 Å². The summed E-state index contributed by atoms with van der Waals surface area (Å²) in [5.41, 5.74) is 1.21. The Bertz CT molecular complexity index is 364. The van der Waals surface area contributed by atoms with Crippen LogP contribution in [-0.4, -0.2) is 30.6 Å². The maximum absolute atomic E-state index is 3.52. The molecule has 2 nitrogen and oxygen atoms in total. The largest absolute Gasteiger partial charge is 0.384 e. The summed E-state index contributed by atoms with van der Waals surface area (Å²) in [7, 11) is 0. The SMILES string of the molecule is CCC1CCCCCN1CCNc1ccc(Br)cc1. The van der Waals surface area contributed by atoms with Crippen LogP contribution in [0.5, 0.6) is 0 Å². The van der Waals surface area contributed by atoms with Crippen molar-refractivity contribution in [2.24, 2.45) is 0 Å². The molecule has 3 heteroatoms. The molecule has 0 saturated carbocycles. The third-order valence-electron chi connectivity index (χ3n) is 4.04. The quantitative estimate of drug-likeness (QED) is 0.856. The van der Waals surface area contributed by atoms with Crippen molar-refractivity contribution < 1.29 is 0 Å². The van der Waals surface area contributed by atoms with Gasteiger partial charge in [0.05, 0.1) is 0 Å². The monoisotopic (exact) mass is 324 g/mol. The van der Waals surface area contributed by atoms with Gasteiger partial charge in [0, 0.05) is 29.3 Å². The number of nitrogens with zero attached hydrogens (tertiary/aromatic N) is 1. The maximum atomic E-state index is 3.52. The minimum Gasteiger partial charge on any atom is -0.384 e. The van der Waals surface area contributed by atoms with Crippen LogP contribution in [0.3, 0.4) is 0 Å². The van der Waals surface area contributed by atoms with Crippen molar-refractivity contribution in [2.45, 2.75) is 45.1 Å². The van der Waals surface area contributed by atoms with E-state index in [2.05, 4.69) is 57.3 Å². The molecule has 1 heterocycles. The number of hydrogen-bond acceptors (Lipinski definition) is 2. The van der Waals surface area contributed by atoms with E-state index in [1.165, 1.54) is 44.3 Å². The average Bonchev–Trinajstić information content (AvgIpc) is 2.66. The lowest BCUT2D eigenvalue weighted by atomic mass is 10.1. The van der Waals surface area contributed by atoms with Gasteiger partial charge in [0.25, 0.3) is 0 Å². The fraction of sp³-hybridized carbons (Fsp3) is 0.625. The van der Waals surface area contributed by atoms with E-state index >= 15 is 0 Å². The third-order valence-corrected chi connectivity index (χ3v) is 4.57. The first-order chi connectivity index (χ1) is 9.29. The molecule has 0 aliphatic carbocycles. The Hall–Kier alpha value is -0.540. The van der Waals surface area contributed by atoms with E-state index in [-0.39, 0.29) is 0 Å². The molecule has 2 rings (SSSR count). The number of anilines is 1. The van der Waals surface area contributed by atoms with Gasteiger partial charge in [0.2, 0.25) is 0 Å². The molecule has 1 saturated heterocycles. The normalized spacial score (nSPS) is 21.1. The van der Waals surface area contributed by atoms with Crippen LogP contribution in [0.15, 0.2) is 28.7 Å². The van der Waals surface area contributed by atoms with Crippen LogP contribution in [0.4, 0.5) is 5.69 Å². The standard InChI is InChI=1S/C16H25BrN2/c1-2-16-6-4-3-5-12-19(16)13-11-18-15-9-7-14(17)8-10-15/h7-10,16,18H,2-6,11-13H2,1H3. The van der Waals surface area contributed by atoms with Crippen LogP contribution < -0.4 is 5.32 Å². The van der Waals surface area contributed by atoms with E-state index in [0.29, 0.717) is 0 Å². The van der Waals surface area contributed by atoms with E-state index in [0.717, 1.165) is 23.6 Å². The molecule has 0 amide bonds. The predicted molar refractivity (Wildman–Crippen MR) is 86.8 cm³/mol. The number of hydrogen-bond donors (Lipinski definition) is 1. The Morgan fingerprint density at radius 3 is 2.74 bits per heavy atom. The second kappa shape index (κ2) is 7.91. The summed E-state index contributed by atoms with van der Waals surface area (Å²) in [4.78, 5) is 2.68. The molecule has 0 bridgehead atoms. The summed E-state index contributed by atoms with van der Waals surface area (Å²) in [6, 6.07) is 9.23. The van der Waals surface area contributed by atoms with Gasteiger partial charge in [-0.05, 0) is 50.1 Å². The molecule has 1 fully saturated rings. The van der Waals surface area contributed by atoms with Crippen molar-refractivity contribution in [1.29, 1.82) is 0 Å². The summed E-state index contributed by atoms with van der Waals surface area (Å²) in [6.45, 7) is 5.80. The summed E-state index contributed by atoms with van der Waals surface area (Å²) >= 11 is 3.47. The van der Waals surface area contributed by atoms with Crippen LogP contribution in [-0.2, 0) is 0 Å². The first kappa shape index (κ1) is 14.9. The summed E-state index contributed by atoms with van der Waals surface area (Å²) < 4.78 is 1.14. The van der Waals surface area contributed by atoms with E-state index in [1.54, 1.807) is 0 Å². The highest BCUT2D eigenvalue weighted by atomic mass is 79.9. The minimum atomic E-state index is 0.800. The zero-order valence-corrected chi connectivity index (χ0v) is 13.5. The van der Waals surface area contributed by atoms with Gasteiger partial charge in [-0.3, -0.25) is 4.90 Å². The zero-order valence-electron chi connectivity index (χ0n) is 11.9. The van der Waals surface area contributed by atoms with Crippen LogP contribution >= 0.6 is 15.9 Å². The van der Waals surface area contributed by atoms with Gasteiger partial charge in [-0.1, -0.05) is 35.7 Å². The first-order valence-electron chi connectivity index (χ1n) is 7.53. The molecular weight excluding hydrogens is 300 g/mol. The van der Waals surface area contributed by atoms with Crippen molar-refractivity contribution in [1.82, 2.24) is 4.90 Å². The molecule has 1 unspecified atom stereocenters. The number of likely N-dealkylation sites (tertiary alicyclic amines) is 1. The van der Waals surface area contributed by atoms with Gasteiger partial charge in [-0.15, -0.1) is 0 Å². The fourth-order valence-electron chi connectivity index (χ4n) is 2.91. The molecule has 0 spiro atoms. The summed E-state index contributed by atoms with van der Waals surface area (Å²) in [5.74, 6) is 0. The topological polar surface area (TPSA) is 15.3 Å². The molecule has 1 atom stereocenters. The maximum Gasteiger partial charge on any atom is 0.0341 e. The molecule has 0 radical (unpaired) electrons. The number of benzene rings is 1. The van der Waals surface area contributed by atoms with Gasteiger partial charge >= 0.3 is 0 Å². The Morgan fingerprint density at radius 1 is 1.21 bits per heavy atom. The van der Waals surface area contributed by atoms with Gasteiger partial charge in [-0.25, -0.2) is 0 Å². The minimum absolute atomic E-state index is 0.800. The molecule has 1 aromatic carbocycles. The molecule has 1 aliphatic rings. The van der Waals surface area contributed by atoms with Gasteiger partial charge < -0.3 is 5.32 Å². The second-order valence-electron chi connectivity index (χ2n) is 5.38. The van der Waals surface area contributed by atoms with E-state index in [1.807, 2.05) is 0 Å². The Kier molecular flexibility index (Phi) is 6.18. The summed E-state index contributed by atoms with van der Waals surface area (Å²) in [5, 5.41) is 3.52. The van der Waals surface area contributed by atoms with Crippen LogP contribution in [0.1, 0.15) is 39.0 Å². The highest BCUT2D eigenvalue weighted by molar-refractivity contribution is 9.10. The number of nitrogens with one attached hydrogen (secondary N) is 1. The Balaban J connectivity index is 1.78. The van der Waals surface area contributed by atoms with Crippen molar-refractivity contribution in [3.05, 3.63) is 28.7 Å². The van der Waals surface area contributed by atoms with Crippen LogP contribution in [0.2, 0.25) is 0 Å². The smallest absolute Gasteiger partial charge is 0.0341 e.